The molecule has 0 aliphatic rings. The van der Waals surface area contributed by atoms with Crippen LogP contribution in [0.2, 0.25) is 0 Å². The van der Waals surface area contributed by atoms with E-state index in [1.165, 1.54) is 12.1 Å². The van der Waals surface area contributed by atoms with Gasteiger partial charge in [-0.2, -0.15) is 23.1 Å². The van der Waals surface area contributed by atoms with E-state index in [-0.39, 0.29) is 6.54 Å². The maximum atomic E-state index is 13.1. The van der Waals surface area contributed by atoms with Crippen LogP contribution in [0.4, 0.5) is 30.6 Å². The number of aromatic nitrogens is 6. The second kappa shape index (κ2) is 11.8. The third-order valence-corrected chi connectivity index (χ3v) is 6.89. The van der Waals surface area contributed by atoms with E-state index >= 15 is 0 Å². The number of benzene rings is 3. The highest BCUT2D eigenvalue weighted by molar-refractivity contribution is 5.84. The Balaban J connectivity index is 1.27. The van der Waals surface area contributed by atoms with Crippen LogP contribution in [0.1, 0.15) is 16.7 Å². The molecule has 12 heteroatoms. The molecule has 6 aromatic rings. The molecule has 0 aliphatic carbocycles. The molecule has 0 aliphatic heterocycles. The third-order valence-electron chi connectivity index (χ3n) is 6.89. The second-order valence-electron chi connectivity index (χ2n) is 9.80. The molecule has 0 radical (unpaired) electrons. The SMILES string of the molecule is COc1ccc(CCNc2nc(Nc3ccc(-n4ccnc4)cc3)nc3c2ncn3Cc2ccc(C(F)(F)F)cc2)cc1. The molecule has 0 saturated heterocycles. The molecule has 3 heterocycles. The Morgan fingerprint density at radius 2 is 1.60 bits per heavy atom. The third kappa shape index (κ3) is 6.43. The Labute approximate surface area is 245 Å². The summed E-state index contributed by atoms with van der Waals surface area (Å²) in [6.45, 7) is 0.874. The molecule has 6 rings (SSSR count). The van der Waals surface area contributed by atoms with Crippen molar-refractivity contribution in [3.8, 4) is 11.4 Å². The summed E-state index contributed by atoms with van der Waals surface area (Å²) < 4.78 is 48.1. The Kier molecular flexibility index (Phi) is 7.65. The molecule has 3 aromatic carbocycles. The number of methoxy groups -OCH3 is 1. The van der Waals surface area contributed by atoms with Crippen LogP contribution in [0.5, 0.6) is 5.75 Å². The number of anilines is 3. The zero-order valence-corrected chi connectivity index (χ0v) is 23.1. The Bertz CT molecular complexity index is 1800. The van der Waals surface area contributed by atoms with Gasteiger partial charge in [0.05, 0.1) is 31.9 Å². The van der Waals surface area contributed by atoms with E-state index in [0.29, 0.717) is 35.0 Å². The number of rotatable bonds is 10. The molecular weight excluding hydrogens is 557 g/mol. The van der Waals surface area contributed by atoms with Gasteiger partial charge >= 0.3 is 6.18 Å². The number of hydrogen-bond acceptors (Lipinski definition) is 7. The van der Waals surface area contributed by atoms with Crippen LogP contribution in [0.25, 0.3) is 16.9 Å². The number of halogens is 3. The van der Waals surface area contributed by atoms with Crippen LogP contribution in [0.15, 0.2) is 97.8 Å². The van der Waals surface area contributed by atoms with E-state index in [9.17, 15) is 13.2 Å². The van der Waals surface area contributed by atoms with Gasteiger partial charge < -0.3 is 24.5 Å². The topological polar surface area (TPSA) is 94.7 Å². The summed E-state index contributed by atoms with van der Waals surface area (Å²) >= 11 is 0. The number of ether oxygens (including phenoxy) is 1. The lowest BCUT2D eigenvalue weighted by molar-refractivity contribution is -0.137. The van der Waals surface area contributed by atoms with E-state index in [1.54, 1.807) is 30.5 Å². The average Bonchev–Trinajstić information content (AvgIpc) is 3.69. The van der Waals surface area contributed by atoms with Crippen molar-refractivity contribution in [3.05, 3.63) is 115 Å². The van der Waals surface area contributed by atoms with Gasteiger partial charge in [0.2, 0.25) is 5.95 Å². The van der Waals surface area contributed by atoms with Crippen LogP contribution in [-0.2, 0) is 19.1 Å². The standard InChI is InChI=1S/C31H27F3N8O/c1-43-26-12-4-21(5-13-26)14-15-36-28-27-29(42(20-37-27)18-22-2-6-23(7-3-22)31(32,33)34)40-30(39-28)38-24-8-10-25(11-9-24)41-17-16-35-19-41/h2-13,16-17,19-20H,14-15,18H2,1H3,(H2,36,38,39,40). The number of hydrogen-bond donors (Lipinski definition) is 2. The minimum atomic E-state index is -4.39. The minimum Gasteiger partial charge on any atom is -0.497 e. The van der Waals surface area contributed by atoms with Crippen molar-refractivity contribution < 1.29 is 17.9 Å². The van der Waals surface area contributed by atoms with Crippen LogP contribution in [0, 0.1) is 0 Å². The summed E-state index contributed by atoms with van der Waals surface area (Å²) in [5.74, 6) is 1.69. The fraction of sp³-hybridized carbons (Fsp3) is 0.161. The van der Waals surface area contributed by atoms with E-state index in [4.69, 9.17) is 14.7 Å². The highest BCUT2D eigenvalue weighted by atomic mass is 19.4. The van der Waals surface area contributed by atoms with Gasteiger partial charge in [-0.1, -0.05) is 24.3 Å². The predicted molar refractivity (Wildman–Crippen MR) is 158 cm³/mol. The minimum absolute atomic E-state index is 0.288. The van der Waals surface area contributed by atoms with Crippen molar-refractivity contribution in [2.45, 2.75) is 19.1 Å². The summed E-state index contributed by atoms with van der Waals surface area (Å²) in [5, 5.41) is 6.65. The predicted octanol–water partition coefficient (Wildman–Crippen LogP) is 6.49. The monoisotopic (exact) mass is 584 g/mol. The van der Waals surface area contributed by atoms with Gasteiger partial charge in [-0.15, -0.1) is 0 Å². The second-order valence-corrected chi connectivity index (χ2v) is 9.80. The summed E-state index contributed by atoms with van der Waals surface area (Å²) in [6, 6.07) is 20.7. The maximum Gasteiger partial charge on any atom is 0.416 e. The molecule has 0 saturated carbocycles. The molecule has 9 nitrogen and oxygen atoms in total. The summed E-state index contributed by atoms with van der Waals surface area (Å²) in [7, 11) is 1.63. The number of fused-ring (bicyclic) bond motifs is 1. The summed E-state index contributed by atoms with van der Waals surface area (Å²) in [5.41, 5.74) is 3.95. The Hall–Kier alpha value is -5.39. The van der Waals surface area contributed by atoms with Gasteiger partial charge in [0.25, 0.3) is 0 Å². The zero-order chi connectivity index (χ0) is 29.8. The van der Waals surface area contributed by atoms with Gasteiger partial charge in [-0.05, 0) is 66.1 Å². The lowest BCUT2D eigenvalue weighted by Gasteiger charge is -2.12. The number of nitrogens with zero attached hydrogens (tertiary/aromatic N) is 6. The largest absolute Gasteiger partial charge is 0.497 e. The van der Waals surface area contributed by atoms with Crippen molar-refractivity contribution in [1.29, 1.82) is 0 Å². The molecular formula is C31H27F3N8O. The van der Waals surface area contributed by atoms with E-state index < -0.39 is 11.7 Å². The molecule has 218 valence electrons. The highest BCUT2D eigenvalue weighted by Crippen LogP contribution is 2.30. The first-order valence-corrected chi connectivity index (χ1v) is 13.5. The van der Waals surface area contributed by atoms with Crippen LogP contribution < -0.4 is 15.4 Å². The molecule has 2 N–H and O–H groups in total. The maximum absolute atomic E-state index is 13.1. The fourth-order valence-electron chi connectivity index (χ4n) is 4.61. The lowest BCUT2D eigenvalue weighted by atomic mass is 10.1. The molecule has 0 amide bonds. The number of nitrogens with one attached hydrogen (secondary N) is 2. The first kappa shape index (κ1) is 27.8. The van der Waals surface area contributed by atoms with Crippen molar-refractivity contribution in [1.82, 2.24) is 29.1 Å². The van der Waals surface area contributed by atoms with Crippen molar-refractivity contribution in [2.24, 2.45) is 0 Å². The van der Waals surface area contributed by atoms with Crippen LogP contribution >= 0.6 is 0 Å². The Morgan fingerprint density at radius 3 is 2.28 bits per heavy atom. The quantitative estimate of drug-likeness (QED) is 0.190. The van der Waals surface area contributed by atoms with Crippen LogP contribution in [-0.4, -0.2) is 42.7 Å². The fourth-order valence-corrected chi connectivity index (χ4v) is 4.61. The molecule has 0 unspecified atom stereocenters. The van der Waals surface area contributed by atoms with Gasteiger partial charge in [0.1, 0.15) is 5.75 Å². The molecule has 0 spiro atoms. The van der Waals surface area contributed by atoms with Gasteiger partial charge in [0.15, 0.2) is 17.0 Å². The van der Waals surface area contributed by atoms with Gasteiger partial charge in [-0.25, -0.2) is 9.97 Å². The smallest absolute Gasteiger partial charge is 0.416 e. The molecule has 3 aromatic heterocycles. The zero-order valence-electron chi connectivity index (χ0n) is 23.1. The van der Waals surface area contributed by atoms with Gasteiger partial charge in [-0.3, -0.25) is 0 Å². The van der Waals surface area contributed by atoms with Crippen molar-refractivity contribution in [2.75, 3.05) is 24.3 Å². The first-order chi connectivity index (χ1) is 20.9. The van der Waals surface area contributed by atoms with Crippen LogP contribution in [0.3, 0.4) is 0 Å². The summed E-state index contributed by atoms with van der Waals surface area (Å²) in [4.78, 5) is 18.1. The molecule has 0 fully saturated rings. The van der Waals surface area contributed by atoms with E-state index in [1.807, 2.05) is 59.3 Å². The normalized spacial score (nSPS) is 11.5. The van der Waals surface area contributed by atoms with Crippen molar-refractivity contribution >= 4 is 28.6 Å². The molecule has 0 atom stereocenters. The first-order valence-electron chi connectivity index (χ1n) is 13.5. The lowest BCUT2D eigenvalue weighted by Crippen LogP contribution is -2.10. The molecule has 43 heavy (non-hydrogen) atoms. The van der Waals surface area contributed by atoms with E-state index in [0.717, 1.165) is 41.2 Å². The number of imidazole rings is 2. The Morgan fingerprint density at radius 1 is 0.860 bits per heavy atom. The highest BCUT2D eigenvalue weighted by Gasteiger charge is 2.30. The number of alkyl halides is 3. The summed E-state index contributed by atoms with van der Waals surface area (Å²) in [6.07, 6.45) is 3.27. The molecule has 0 bridgehead atoms. The van der Waals surface area contributed by atoms with Crippen molar-refractivity contribution in [3.63, 3.8) is 0 Å². The van der Waals surface area contributed by atoms with E-state index in [2.05, 4.69) is 20.6 Å². The van der Waals surface area contributed by atoms with Gasteiger partial charge in [0, 0.05) is 30.3 Å². The average molecular weight is 585 g/mol.